The molecular formula is C22H37N5. The van der Waals surface area contributed by atoms with Crippen molar-refractivity contribution in [2.45, 2.75) is 57.7 Å². The van der Waals surface area contributed by atoms with Crippen LogP contribution in [0.1, 0.15) is 51.6 Å². The molecule has 0 saturated carbocycles. The molecule has 0 amide bonds. The summed E-state index contributed by atoms with van der Waals surface area (Å²) in [6.45, 7) is 12.4. The summed E-state index contributed by atoms with van der Waals surface area (Å²) in [6.07, 6.45) is 3.99. The average molecular weight is 372 g/mol. The maximum absolute atomic E-state index is 4.56. The van der Waals surface area contributed by atoms with Gasteiger partial charge in [-0.3, -0.25) is 9.89 Å². The van der Waals surface area contributed by atoms with Crippen LogP contribution in [0.4, 0.5) is 0 Å². The van der Waals surface area contributed by atoms with E-state index in [1.54, 1.807) is 0 Å². The number of hydrogen-bond donors (Lipinski definition) is 2. The smallest absolute Gasteiger partial charge is 0.193 e. The van der Waals surface area contributed by atoms with Crippen LogP contribution < -0.4 is 10.6 Å². The highest BCUT2D eigenvalue weighted by atomic mass is 15.3. The van der Waals surface area contributed by atoms with E-state index in [2.05, 4.69) is 76.5 Å². The number of guanidine groups is 1. The predicted molar refractivity (Wildman–Crippen MR) is 114 cm³/mol. The zero-order valence-corrected chi connectivity index (χ0v) is 17.5. The number of likely N-dealkylation sites (tertiary alicyclic amines) is 2. The third kappa shape index (κ3) is 5.45. The van der Waals surface area contributed by atoms with Gasteiger partial charge in [-0.15, -0.1) is 0 Å². The van der Waals surface area contributed by atoms with Crippen molar-refractivity contribution in [1.29, 1.82) is 0 Å². The molecule has 0 bridgehead atoms. The van der Waals surface area contributed by atoms with E-state index in [4.69, 9.17) is 0 Å². The Morgan fingerprint density at radius 1 is 1.19 bits per heavy atom. The van der Waals surface area contributed by atoms with Gasteiger partial charge in [0.2, 0.25) is 0 Å². The van der Waals surface area contributed by atoms with Crippen molar-refractivity contribution < 1.29 is 0 Å². The third-order valence-electron chi connectivity index (χ3n) is 5.93. The van der Waals surface area contributed by atoms with Crippen LogP contribution >= 0.6 is 0 Å². The Hall–Kier alpha value is -1.59. The summed E-state index contributed by atoms with van der Waals surface area (Å²) in [4.78, 5) is 9.65. The van der Waals surface area contributed by atoms with Crippen molar-refractivity contribution in [3.05, 3.63) is 35.9 Å². The summed E-state index contributed by atoms with van der Waals surface area (Å²) in [6, 6.07) is 11.7. The number of benzene rings is 1. The summed E-state index contributed by atoms with van der Waals surface area (Å²) in [7, 11) is 1.90. The first-order valence-electron chi connectivity index (χ1n) is 10.5. The number of hydrogen-bond acceptors (Lipinski definition) is 3. The van der Waals surface area contributed by atoms with Gasteiger partial charge in [-0.05, 0) is 58.7 Å². The summed E-state index contributed by atoms with van der Waals surface area (Å²) in [5, 5.41) is 7.37. The normalized spacial score (nSPS) is 23.0. The van der Waals surface area contributed by atoms with E-state index in [0.29, 0.717) is 12.1 Å². The topological polar surface area (TPSA) is 42.9 Å². The molecule has 150 valence electrons. The molecule has 0 spiro atoms. The highest BCUT2D eigenvalue weighted by molar-refractivity contribution is 5.80. The zero-order valence-electron chi connectivity index (χ0n) is 17.5. The fourth-order valence-corrected chi connectivity index (χ4v) is 4.43. The summed E-state index contributed by atoms with van der Waals surface area (Å²) >= 11 is 0. The van der Waals surface area contributed by atoms with Crippen LogP contribution in [0.3, 0.4) is 0 Å². The lowest BCUT2D eigenvalue weighted by atomic mass is 10.0. The molecule has 2 fully saturated rings. The van der Waals surface area contributed by atoms with E-state index in [9.17, 15) is 0 Å². The van der Waals surface area contributed by atoms with Gasteiger partial charge in [-0.25, -0.2) is 0 Å². The quantitative estimate of drug-likeness (QED) is 0.596. The first-order valence-corrected chi connectivity index (χ1v) is 10.5. The molecule has 2 heterocycles. The summed E-state index contributed by atoms with van der Waals surface area (Å²) < 4.78 is 0. The van der Waals surface area contributed by atoms with Crippen LogP contribution in [0.25, 0.3) is 0 Å². The predicted octanol–water partition coefficient (Wildman–Crippen LogP) is 2.86. The number of rotatable bonds is 6. The fraction of sp³-hybridized carbons (Fsp3) is 0.682. The Labute approximate surface area is 165 Å². The summed E-state index contributed by atoms with van der Waals surface area (Å²) in [5.74, 6) is 1.04. The Kier molecular flexibility index (Phi) is 6.77. The van der Waals surface area contributed by atoms with Gasteiger partial charge >= 0.3 is 0 Å². The van der Waals surface area contributed by atoms with Crippen LogP contribution in [0.2, 0.25) is 0 Å². The Balaban J connectivity index is 1.49. The van der Waals surface area contributed by atoms with E-state index >= 15 is 0 Å². The van der Waals surface area contributed by atoms with Crippen LogP contribution in [-0.4, -0.2) is 67.1 Å². The highest BCUT2D eigenvalue weighted by Gasteiger charge is 2.31. The molecular weight excluding hydrogens is 334 g/mol. The Bertz CT molecular complexity index is 606. The molecule has 5 nitrogen and oxygen atoms in total. The SMILES string of the molecule is CN=C(NCC(C)(C)NC(C)c1ccccc1)N1CCC(N2CCCC2)C1. The van der Waals surface area contributed by atoms with Gasteiger partial charge in [0.05, 0.1) is 0 Å². The van der Waals surface area contributed by atoms with E-state index in [-0.39, 0.29) is 5.54 Å². The first-order chi connectivity index (χ1) is 13.0. The third-order valence-corrected chi connectivity index (χ3v) is 5.93. The molecule has 5 heteroatoms. The minimum absolute atomic E-state index is 0.0285. The Morgan fingerprint density at radius 2 is 1.89 bits per heavy atom. The lowest BCUT2D eigenvalue weighted by Crippen LogP contribution is -2.52. The van der Waals surface area contributed by atoms with Crippen LogP contribution in [0.5, 0.6) is 0 Å². The van der Waals surface area contributed by atoms with Gasteiger partial charge in [0.25, 0.3) is 0 Å². The lowest BCUT2D eigenvalue weighted by Gasteiger charge is -2.33. The molecule has 2 atom stereocenters. The number of nitrogens with one attached hydrogen (secondary N) is 2. The molecule has 0 aliphatic carbocycles. The molecule has 0 aromatic heterocycles. The molecule has 2 N–H and O–H groups in total. The van der Waals surface area contributed by atoms with Gasteiger partial charge in [-0.2, -0.15) is 0 Å². The first kappa shape index (κ1) is 20.2. The fourth-order valence-electron chi connectivity index (χ4n) is 4.43. The monoisotopic (exact) mass is 371 g/mol. The van der Waals surface area contributed by atoms with Gasteiger partial charge in [0, 0.05) is 44.3 Å². The number of aliphatic imine (C=N–C) groups is 1. The van der Waals surface area contributed by atoms with Crippen molar-refractivity contribution in [3.63, 3.8) is 0 Å². The second-order valence-electron chi connectivity index (χ2n) is 8.69. The van der Waals surface area contributed by atoms with E-state index in [1.807, 2.05) is 7.05 Å². The molecule has 0 radical (unpaired) electrons. The maximum Gasteiger partial charge on any atom is 0.193 e. The van der Waals surface area contributed by atoms with Crippen molar-refractivity contribution in [3.8, 4) is 0 Å². The minimum atomic E-state index is -0.0285. The maximum atomic E-state index is 4.56. The van der Waals surface area contributed by atoms with Gasteiger partial charge in [0.1, 0.15) is 0 Å². The van der Waals surface area contributed by atoms with E-state index in [0.717, 1.165) is 25.6 Å². The number of nitrogens with zero attached hydrogens (tertiary/aromatic N) is 3. The largest absolute Gasteiger partial charge is 0.354 e. The molecule has 2 saturated heterocycles. The van der Waals surface area contributed by atoms with Crippen molar-refractivity contribution in [1.82, 2.24) is 20.4 Å². The van der Waals surface area contributed by atoms with Crippen molar-refractivity contribution in [2.75, 3.05) is 39.8 Å². The average Bonchev–Trinajstić information content (AvgIpc) is 3.34. The molecule has 2 unspecified atom stereocenters. The molecule has 1 aromatic carbocycles. The molecule has 27 heavy (non-hydrogen) atoms. The molecule has 2 aliphatic rings. The van der Waals surface area contributed by atoms with E-state index < -0.39 is 0 Å². The second kappa shape index (κ2) is 9.07. The van der Waals surface area contributed by atoms with Gasteiger partial charge in [0.15, 0.2) is 5.96 Å². The van der Waals surface area contributed by atoms with E-state index in [1.165, 1.54) is 37.9 Å². The van der Waals surface area contributed by atoms with Crippen molar-refractivity contribution in [2.24, 2.45) is 4.99 Å². The zero-order chi connectivity index (χ0) is 19.3. The van der Waals surface area contributed by atoms with Crippen molar-refractivity contribution >= 4 is 5.96 Å². The molecule has 3 rings (SSSR count). The highest BCUT2D eigenvalue weighted by Crippen LogP contribution is 2.21. The summed E-state index contributed by atoms with van der Waals surface area (Å²) in [5.41, 5.74) is 1.29. The van der Waals surface area contributed by atoms with Crippen LogP contribution in [0.15, 0.2) is 35.3 Å². The second-order valence-corrected chi connectivity index (χ2v) is 8.69. The minimum Gasteiger partial charge on any atom is -0.354 e. The van der Waals surface area contributed by atoms with Crippen LogP contribution in [0, 0.1) is 0 Å². The Morgan fingerprint density at radius 3 is 2.56 bits per heavy atom. The van der Waals surface area contributed by atoms with Crippen LogP contribution in [-0.2, 0) is 0 Å². The molecule has 1 aromatic rings. The van der Waals surface area contributed by atoms with Gasteiger partial charge < -0.3 is 15.5 Å². The molecule has 2 aliphatic heterocycles. The lowest BCUT2D eigenvalue weighted by molar-refractivity contribution is 0.249. The van der Waals surface area contributed by atoms with Gasteiger partial charge in [-0.1, -0.05) is 30.3 Å². The standard InChI is InChI=1S/C22H37N5/c1-18(19-10-6-5-7-11-19)25-22(2,3)17-24-21(23-4)27-15-12-20(16-27)26-13-8-9-14-26/h5-7,10-11,18,20,25H,8-9,12-17H2,1-4H3,(H,23,24).